The van der Waals surface area contributed by atoms with Crippen LogP contribution in [0.3, 0.4) is 0 Å². The van der Waals surface area contributed by atoms with E-state index in [-0.39, 0.29) is 11.4 Å². The van der Waals surface area contributed by atoms with Crippen molar-refractivity contribution in [1.82, 2.24) is 5.32 Å². The number of para-hydroxylation sites is 1. The number of carbonyl (C=O) groups is 2. The number of hydrogen-bond donors (Lipinski definition) is 2. The van der Waals surface area contributed by atoms with Gasteiger partial charge in [0.25, 0.3) is 5.91 Å². The summed E-state index contributed by atoms with van der Waals surface area (Å²) in [4.78, 5) is 26.6. The lowest BCUT2D eigenvalue weighted by Gasteiger charge is -2.35. The van der Waals surface area contributed by atoms with E-state index in [2.05, 4.69) is 10.6 Å². The predicted molar refractivity (Wildman–Crippen MR) is 126 cm³/mol. The smallest absolute Gasteiger partial charge is 0.254 e. The molecule has 0 fully saturated rings. The Morgan fingerprint density at radius 3 is 2.23 bits per heavy atom. The highest BCUT2D eigenvalue weighted by Crippen LogP contribution is 2.47. The average Bonchev–Trinajstić information content (AvgIpc) is 2.84. The number of ketones is 1. The number of amides is 1. The molecule has 2 aromatic carbocycles. The number of carbonyl (C=O) groups excluding carboxylic acids is 2. The molecule has 2 aromatic rings. The summed E-state index contributed by atoms with van der Waals surface area (Å²) in [5, 5.41) is 5.54. The molecule has 35 heavy (non-hydrogen) atoms. The molecule has 2 aliphatic rings. The van der Waals surface area contributed by atoms with Crippen molar-refractivity contribution < 1.29 is 32.6 Å². The molecule has 184 valence electrons. The first-order chi connectivity index (χ1) is 16.8. The molecule has 0 bridgehead atoms. The lowest BCUT2D eigenvalue weighted by molar-refractivity contribution is -0.116. The molecule has 0 saturated carbocycles. The van der Waals surface area contributed by atoms with Crippen LogP contribution in [-0.4, -0.2) is 33.0 Å². The summed E-state index contributed by atoms with van der Waals surface area (Å²) >= 11 is 0. The van der Waals surface area contributed by atoms with Crippen LogP contribution in [-0.2, 0) is 9.59 Å². The van der Waals surface area contributed by atoms with Gasteiger partial charge in [0, 0.05) is 34.9 Å². The maximum absolute atomic E-state index is 14.3. The van der Waals surface area contributed by atoms with Crippen molar-refractivity contribution in [3.05, 3.63) is 70.1 Å². The summed E-state index contributed by atoms with van der Waals surface area (Å²) in [6.45, 7) is 1.69. The van der Waals surface area contributed by atoms with Gasteiger partial charge in [0.1, 0.15) is 17.3 Å². The van der Waals surface area contributed by atoms with Gasteiger partial charge in [-0.2, -0.15) is 0 Å². The van der Waals surface area contributed by atoms with Gasteiger partial charge in [-0.25, -0.2) is 8.78 Å². The predicted octanol–water partition coefficient (Wildman–Crippen LogP) is 4.60. The van der Waals surface area contributed by atoms with Crippen molar-refractivity contribution in [2.75, 3.05) is 26.6 Å². The van der Waals surface area contributed by atoms with Gasteiger partial charge in [-0.1, -0.05) is 6.07 Å². The van der Waals surface area contributed by atoms with Crippen molar-refractivity contribution in [3.63, 3.8) is 0 Å². The topological polar surface area (TPSA) is 85.9 Å². The summed E-state index contributed by atoms with van der Waals surface area (Å²) in [5.41, 5.74) is 1.79. The van der Waals surface area contributed by atoms with Crippen LogP contribution in [0.4, 0.5) is 14.5 Å². The van der Waals surface area contributed by atoms with Crippen LogP contribution in [0.25, 0.3) is 0 Å². The Kier molecular flexibility index (Phi) is 6.77. The van der Waals surface area contributed by atoms with E-state index in [1.807, 2.05) is 0 Å². The van der Waals surface area contributed by atoms with Crippen LogP contribution < -0.4 is 24.8 Å². The van der Waals surface area contributed by atoms with E-state index < -0.39 is 29.1 Å². The molecule has 1 aliphatic carbocycles. The van der Waals surface area contributed by atoms with Gasteiger partial charge in [0.15, 0.2) is 17.3 Å². The average molecular weight is 484 g/mol. The van der Waals surface area contributed by atoms with E-state index in [9.17, 15) is 18.4 Å². The zero-order valence-electron chi connectivity index (χ0n) is 19.9. The van der Waals surface area contributed by atoms with Crippen LogP contribution in [0.2, 0.25) is 0 Å². The Morgan fingerprint density at radius 2 is 1.66 bits per heavy atom. The van der Waals surface area contributed by atoms with Crippen molar-refractivity contribution >= 4 is 17.4 Å². The monoisotopic (exact) mass is 484 g/mol. The second-order valence-electron chi connectivity index (χ2n) is 8.28. The summed E-state index contributed by atoms with van der Waals surface area (Å²) < 4.78 is 45.0. The van der Waals surface area contributed by atoms with Gasteiger partial charge in [0.2, 0.25) is 5.75 Å². The fourth-order valence-corrected chi connectivity index (χ4v) is 4.68. The van der Waals surface area contributed by atoms with Crippen LogP contribution in [0.15, 0.2) is 52.9 Å². The van der Waals surface area contributed by atoms with Crippen LogP contribution >= 0.6 is 0 Å². The Hall–Kier alpha value is -3.88. The molecule has 9 heteroatoms. The molecule has 2 N–H and O–H groups in total. The minimum absolute atomic E-state index is 0.104. The van der Waals surface area contributed by atoms with E-state index in [1.165, 1.54) is 27.4 Å². The van der Waals surface area contributed by atoms with Gasteiger partial charge in [0.05, 0.1) is 21.3 Å². The molecular formula is C26H26F2N2O5. The number of dihydropyridines is 1. The Labute approximate surface area is 201 Å². The first-order valence-electron chi connectivity index (χ1n) is 11.1. The van der Waals surface area contributed by atoms with Crippen LogP contribution in [0.5, 0.6) is 17.2 Å². The normalized spacial score (nSPS) is 17.5. The quantitative estimate of drug-likeness (QED) is 0.624. The van der Waals surface area contributed by atoms with Crippen molar-refractivity contribution in [2.24, 2.45) is 0 Å². The van der Waals surface area contributed by atoms with Crippen molar-refractivity contribution in [2.45, 2.75) is 32.1 Å². The van der Waals surface area contributed by atoms with Gasteiger partial charge in [-0.05, 0) is 49.6 Å². The third kappa shape index (κ3) is 4.34. The maximum Gasteiger partial charge on any atom is 0.254 e. The van der Waals surface area contributed by atoms with Crippen LogP contribution in [0, 0.1) is 11.6 Å². The van der Waals surface area contributed by atoms with E-state index in [4.69, 9.17) is 14.2 Å². The van der Waals surface area contributed by atoms with Gasteiger partial charge in [-0.3, -0.25) is 9.59 Å². The Morgan fingerprint density at radius 1 is 1.03 bits per heavy atom. The molecule has 1 heterocycles. The number of ether oxygens (including phenoxy) is 3. The zero-order valence-corrected chi connectivity index (χ0v) is 19.9. The highest BCUT2D eigenvalue weighted by Gasteiger charge is 2.39. The fourth-order valence-electron chi connectivity index (χ4n) is 4.68. The molecule has 1 atom stereocenters. The Balaban J connectivity index is 1.89. The number of benzene rings is 2. The number of rotatable bonds is 6. The lowest BCUT2D eigenvalue weighted by atomic mass is 9.75. The Bertz CT molecular complexity index is 1220. The minimum Gasteiger partial charge on any atom is -0.493 e. The highest BCUT2D eigenvalue weighted by molar-refractivity contribution is 6.10. The molecular weight excluding hydrogens is 458 g/mol. The third-order valence-electron chi connectivity index (χ3n) is 6.24. The first kappa shape index (κ1) is 24.3. The van der Waals surface area contributed by atoms with E-state index in [0.29, 0.717) is 53.3 Å². The van der Waals surface area contributed by atoms with Crippen molar-refractivity contribution in [1.29, 1.82) is 0 Å². The van der Waals surface area contributed by atoms with E-state index >= 15 is 0 Å². The van der Waals surface area contributed by atoms with Gasteiger partial charge < -0.3 is 24.8 Å². The molecule has 7 nitrogen and oxygen atoms in total. The first-order valence-corrected chi connectivity index (χ1v) is 11.1. The minimum atomic E-state index is -0.904. The molecule has 0 saturated heterocycles. The molecule has 0 radical (unpaired) electrons. The molecule has 4 rings (SSSR count). The van der Waals surface area contributed by atoms with Crippen molar-refractivity contribution in [3.8, 4) is 17.2 Å². The summed E-state index contributed by atoms with van der Waals surface area (Å²) in [6.07, 6.45) is 1.65. The molecule has 1 aliphatic heterocycles. The number of allylic oxidation sites excluding steroid dienone is 3. The van der Waals surface area contributed by atoms with Gasteiger partial charge >= 0.3 is 0 Å². The van der Waals surface area contributed by atoms with Gasteiger partial charge in [-0.15, -0.1) is 0 Å². The number of methoxy groups -OCH3 is 3. The fraction of sp³-hybridized carbons (Fsp3) is 0.308. The molecule has 0 spiro atoms. The third-order valence-corrected chi connectivity index (χ3v) is 6.24. The highest BCUT2D eigenvalue weighted by atomic mass is 19.1. The summed E-state index contributed by atoms with van der Waals surface area (Å²) in [6, 6.07) is 6.67. The number of anilines is 1. The lowest BCUT2D eigenvalue weighted by Crippen LogP contribution is -2.35. The number of hydrogen-bond acceptors (Lipinski definition) is 6. The SMILES string of the molecule is COc1cc([C@H]2C(C(=O)Nc3c(F)cccc3F)=C(C)NC3=C2C(=O)CCC3)cc(OC)c1OC. The van der Waals surface area contributed by atoms with E-state index in [0.717, 1.165) is 17.8 Å². The number of halogens is 2. The number of Topliss-reactive ketones (excluding diaryl/α,β-unsaturated/α-hetero) is 1. The zero-order chi connectivity index (χ0) is 25.3. The largest absolute Gasteiger partial charge is 0.493 e. The van der Waals surface area contributed by atoms with Crippen LogP contribution in [0.1, 0.15) is 37.7 Å². The summed E-state index contributed by atoms with van der Waals surface area (Å²) in [7, 11) is 4.41. The second kappa shape index (κ2) is 9.77. The summed E-state index contributed by atoms with van der Waals surface area (Å²) in [5.74, 6) is -2.40. The molecule has 1 amide bonds. The maximum atomic E-state index is 14.3. The van der Waals surface area contributed by atoms with E-state index in [1.54, 1.807) is 19.1 Å². The molecule has 0 aromatic heterocycles. The number of nitrogens with one attached hydrogen (secondary N) is 2. The second-order valence-corrected chi connectivity index (χ2v) is 8.28. The standard InChI is InChI=1S/C26H26F2N2O5/c1-13-21(26(32)30-24-15(27)7-5-8-16(24)28)22(23-17(29-13)9-6-10-18(23)31)14-11-19(33-2)25(35-4)20(12-14)34-3/h5,7-8,11-12,22,29H,6,9-10H2,1-4H3,(H,30,32)/t22-/m0/s1. The molecule has 0 unspecified atom stereocenters.